The first-order valence-corrected chi connectivity index (χ1v) is 6.12. The van der Waals surface area contributed by atoms with Crippen LogP contribution in [0.4, 0.5) is 0 Å². The summed E-state index contributed by atoms with van der Waals surface area (Å²) >= 11 is 0. The highest BCUT2D eigenvalue weighted by molar-refractivity contribution is 5.06. The molecule has 0 aromatic rings. The lowest BCUT2D eigenvalue weighted by atomic mass is 9.53. The summed E-state index contributed by atoms with van der Waals surface area (Å²) in [6.07, 6.45) is 7.67. The van der Waals surface area contributed by atoms with E-state index in [4.69, 9.17) is 0 Å². The predicted molar refractivity (Wildman–Crippen MR) is 56.7 cm³/mol. The zero-order valence-electron chi connectivity index (χ0n) is 9.10. The summed E-state index contributed by atoms with van der Waals surface area (Å²) in [5, 5.41) is 3.58. The van der Waals surface area contributed by atoms with Crippen molar-refractivity contribution in [3.63, 3.8) is 0 Å². The van der Waals surface area contributed by atoms with Crippen LogP contribution in [0.3, 0.4) is 0 Å². The average molecular weight is 181 g/mol. The Morgan fingerprint density at radius 1 is 1.00 bits per heavy atom. The van der Waals surface area contributed by atoms with E-state index in [1.54, 1.807) is 12.8 Å². The topological polar surface area (TPSA) is 12.0 Å². The minimum absolute atomic E-state index is 0.866. The van der Waals surface area contributed by atoms with Gasteiger partial charge in [0.2, 0.25) is 0 Å². The molecule has 0 aromatic heterocycles. The van der Waals surface area contributed by atoms with Gasteiger partial charge in [0.05, 0.1) is 0 Å². The molecule has 3 rings (SSSR count). The third kappa shape index (κ3) is 1.24. The van der Waals surface area contributed by atoms with Gasteiger partial charge in [-0.1, -0.05) is 20.3 Å². The van der Waals surface area contributed by atoms with E-state index < -0.39 is 0 Å². The molecule has 3 fully saturated rings. The molecule has 1 N–H and O–H groups in total. The zero-order chi connectivity index (χ0) is 9.31. The second-order valence-corrected chi connectivity index (χ2v) is 4.72. The lowest BCUT2D eigenvalue weighted by Crippen LogP contribution is -2.55. The van der Waals surface area contributed by atoms with Crippen molar-refractivity contribution in [2.24, 2.45) is 17.3 Å². The van der Waals surface area contributed by atoms with E-state index >= 15 is 0 Å². The Kier molecular flexibility index (Phi) is 2.64. The number of hydrogen-bond acceptors (Lipinski definition) is 1. The molecule has 2 aliphatic carbocycles. The second kappa shape index (κ2) is 3.61. The van der Waals surface area contributed by atoms with Crippen LogP contribution in [-0.2, 0) is 0 Å². The Balaban J connectivity index is 0.000000308. The summed E-state index contributed by atoms with van der Waals surface area (Å²) in [4.78, 5) is 0. The quantitative estimate of drug-likeness (QED) is 0.606. The third-order valence-electron chi connectivity index (χ3n) is 4.56. The first kappa shape index (κ1) is 9.51. The van der Waals surface area contributed by atoms with Gasteiger partial charge < -0.3 is 5.32 Å². The fraction of sp³-hybridized carbons (Fsp3) is 1.00. The molecule has 1 aliphatic heterocycles. The maximum atomic E-state index is 3.58. The molecule has 3 aliphatic rings. The van der Waals surface area contributed by atoms with E-state index in [1.807, 2.05) is 13.8 Å². The SMILES string of the molecule is C1CC2CNCC3CCC23C1.CC. The average Bonchev–Trinajstić information content (AvgIpc) is 2.59. The van der Waals surface area contributed by atoms with Crippen LogP contribution in [0.5, 0.6) is 0 Å². The third-order valence-corrected chi connectivity index (χ3v) is 4.56. The van der Waals surface area contributed by atoms with Gasteiger partial charge in [0.25, 0.3) is 0 Å². The lowest BCUT2D eigenvalue weighted by molar-refractivity contribution is -0.0344. The van der Waals surface area contributed by atoms with E-state index in [-0.39, 0.29) is 0 Å². The van der Waals surface area contributed by atoms with Crippen LogP contribution in [0.15, 0.2) is 0 Å². The molecule has 3 unspecified atom stereocenters. The predicted octanol–water partition coefficient (Wildman–Crippen LogP) is 2.81. The van der Waals surface area contributed by atoms with Crippen LogP contribution in [0, 0.1) is 17.3 Å². The molecule has 0 amide bonds. The Labute approximate surface area is 82.3 Å². The van der Waals surface area contributed by atoms with Crippen molar-refractivity contribution < 1.29 is 0 Å². The van der Waals surface area contributed by atoms with Crippen molar-refractivity contribution in [3.8, 4) is 0 Å². The molecular weight excluding hydrogens is 158 g/mol. The largest absolute Gasteiger partial charge is 0.316 e. The van der Waals surface area contributed by atoms with Gasteiger partial charge in [-0.2, -0.15) is 0 Å². The van der Waals surface area contributed by atoms with Gasteiger partial charge >= 0.3 is 0 Å². The first-order valence-electron chi connectivity index (χ1n) is 6.12. The van der Waals surface area contributed by atoms with Gasteiger partial charge in [0.1, 0.15) is 0 Å². The van der Waals surface area contributed by atoms with E-state index in [1.165, 1.54) is 32.4 Å². The van der Waals surface area contributed by atoms with Crippen LogP contribution >= 0.6 is 0 Å². The molecule has 76 valence electrons. The Hall–Kier alpha value is -0.0400. The Bertz CT molecular complexity index is 178. The summed E-state index contributed by atoms with van der Waals surface area (Å²) in [6.45, 7) is 6.66. The molecule has 0 radical (unpaired) electrons. The standard InChI is InChI=1S/C10H17N.C2H6/c1-2-8-6-11-7-9-3-5-10(8,9)4-1;1-2/h8-9,11H,1-7H2;1-2H3. The molecule has 1 spiro atoms. The van der Waals surface area contributed by atoms with E-state index in [2.05, 4.69) is 5.32 Å². The van der Waals surface area contributed by atoms with Crippen molar-refractivity contribution >= 4 is 0 Å². The lowest BCUT2D eigenvalue weighted by Gasteiger charge is -2.55. The fourth-order valence-corrected chi connectivity index (χ4v) is 3.80. The first-order chi connectivity index (χ1) is 6.42. The molecule has 0 aromatic carbocycles. The number of nitrogens with one attached hydrogen (secondary N) is 1. The van der Waals surface area contributed by atoms with Crippen LogP contribution < -0.4 is 5.32 Å². The van der Waals surface area contributed by atoms with Crippen LogP contribution in [0.25, 0.3) is 0 Å². The van der Waals surface area contributed by atoms with Crippen molar-refractivity contribution in [2.45, 2.75) is 46.0 Å². The van der Waals surface area contributed by atoms with Crippen molar-refractivity contribution in [3.05, 3.63) is 0 Å². The second-order valence-electron chi connectivity index (χ2n) is 4.72. The Morgan fingerprint density at radius 3 is 2.23 bits per heavy atom. The maximum absolute atomic E-state index is 3.58. The van der Waals surface area contributed by atoms with Crippen molar-refractivity contribution in [1.82, 2.24) is 5.32 Å². The van der Waals surface area contributed by atoms with Gasteiger partial charge in [-0.15, -0.1) is 0 Å². The fourth-order valence-electron chi connectivity index (χ4n) is 3.80. The molecule has 2 saturated carbocycles. The maximum Gasteiger partial charge on any atom is -0.00150 e. The molecule has 1 nitrogen and oxygen atoms in total. The van der Waals surface area contributed by atoms with E-state index in [9.17, 15) is 0 Å². The summed E-state index contributed by atoms with van der Waals surface area (Å²) < 4.78 is 0. The van der Waals surface area contributed by atoms with Crippen LogP contribution in [0.1, 0.15) is 46.0 Å². The highest BCUT2D eigenvalue weighted by atomic mass is 14.9. The van der Waals surface area contributed by atoms with Crippen LogP contribution in [0.2, 0.25) is 0 Å². The molecule has 3 atom stereocenters. The van der Waals surface area contributed by atoms with Crippen molar-refractivity contribution in [2.75, 3.05) is 13.1 Å². The van der Waals surface area contributed by atoms with Gasteiger partial charge in [0.15, 0.2) is 0 Å². The molecule has 1 heteroatoms. The normalized spacial score (nSPS) is 46.6. The van der Waals surface area contributed by atoms with Gasteiger partial charge in [-0.25, -0.2) is 0 Å². The molecular formula is C12H23N. The number of hydrogen-bond donors (Lipinski definition) is 1. The monoisotopic (exact) mass is 181 g/mol. The number of piperidine rings is 1. The van der Waals surface area contributed by atoms with E-state index in [0.29, 0.717) is 0 Å². The van der Waals surface area contributed by atoms with Crippen LogP contribution in [-0.4, -0.2) is 13.1 Å². The molecule has 1 heterocycles. The summed E-state index contributed by atoms with van der Waals surface area (Å²) in [6, 6.07) is 0. The molecule has 1 saturated heterocycles. The minimum atomic E-state index is 0.866. The van der Waals surface area contributed by atoms with E-state index in [0.717, 1.165) is 17.3 Å². The smallest absolute Gasteiger partial charge is 0.00150 e. The minimum Gasteiger partial charge on any atom is -0.316 e. The van der Waals surface area contributed by atoms with Gasteiger partial charge in [-0.3, -0.25) is 0 Å². The highest BCUT2D eigenvalue weighted by Gasteiger charge is 2.55. The van der Waals surface area contributed by atoms with Gasteiger partial charge in [0, 0.05) is 0 Å². The summed E-state index contributed by atoms with van der Waals surface area (Å²) in [5.41, 5.74) is 0.866. The van der Waals surface area contributed by atoms with Gasteiger partial charge in [-0.05, 0) is 56.0 Å². The number of rotatable bonds is 0. The zero-order valence-corrected chi connectivity index (χ0v) is 9.10. The summed E-state index contributed by atoms with van der Waals surface area (Å²) in [5.74, 6) is 2.14. The van der Waals surface area contributed by atoms with Crippen molar-refractivity contribution in [1.29, 1.82) is 0 Å². The molecule has 0 bridgehead atoms. The highest BCUT2D eigenvalue weighted by Crippen LogP contribution is 2.61. The summed E-state index contributed by atoms with van der Waals surface area (Å²) in [7, 11) is 0. The Morgan fingerprint density at radius 2 is 1.69 bits per heavy atom. The molecule has 13 heavy (non-hydrogen) atoms.